The zero-order valence-electron chi connectivity index (χ0n) is 24.5. The van der Waals surface area contributed by atoms with Crippen LogP contribution in [0, 0.1) is 0 Å². The highest BCUT2D eigenvalue weighted by molar-refractivity contribution is 8.07. The Bertz CT molecular complexity index is 2090. The Morgan fingerprint density at radius 1 is 0.391 bits per heavy atom. The first kappa shape index (κ1) is 25.7. The van der Waals surface area contributed by atoms with Crippen LogP contribution in [0.5, 0.6) is 0 Å². The molecule has 0 amide bonds. The van der Waals surface area contributed by atoms with Crippen molar-refractivity contribution in [2.24, 2.45) is 0 Å². The van der Waals surface area contributed by atoms with Gasteiger partial charge < -0.3 is 0 Å². The van der Waals surface area contributed by atoms with E-state index in [0.717, 1.165) is 0 Å². The second kappa shape index (κ2) is 8.58. The van der Waals surface area contributed by atoms with Crippen molar-refractivity contribution < 1.29 is 0 Å². The van der Waals surface area contributed by atoms with Crippen molar-refractivity contribution >= 4 is 49.4 Å². The third kappa shape index (κ3) is 2.75. The molecule has 6 bridgehead atoms. The van der Waals surface area contributed by atoms with Crippen molar-refractivity contribution in [2.45, 2.75) is 43.3 Å². The minimum atomic E-state index is -2.35. The molecule has 0 N–H and O–H groups in total. The van der Waals surface area contributed by atoms with Gasteiger partial charge in [0.2, 0.25) is 0 Å². The quantitative estimate of drug-likeness (QED) is 0.152. The number of benzene rings is 3. The summed E-state index contributed by atoms with van der Waals surface area (Å²) < 4.78 is -0.892. The number of thioether (sulfide) groups is 3. The summed E-state index contributed by atoms with van der Waals surface area (Å²) in [4.78, 5) is 21.6. The molecule has 6 aromatic rings. The van der Waals surface area contributed by atoms with Crippen molar-refractivity contribution in [1.82, 2.24) is 15.0 Å². The Morgan fingerprint density at radius 2 is 0.717 bits per heavy atom. The average molecular weight is 658 g/mol. The zero-order chi connectivity index (χ0) is 29.8. The highest BCUT2D eigenvalue weighted by Crippen LogP contribution is 2.79. The van der Waals surface area contributed by atoms with Gasteiger partial charge in [0, 0.05) is 77.4 Å². The molecule has 3 spiro atoms. The molecule has 216 valence electrons. The van der Waals surface area contributed by atoms with E-state index in [0.29, 0.717) is 0 Å². The van der Waals surface area contributed by atoms with Crippen LogP contribution in [0.3, 0.4) is 0 Å². The molecule has 6 atom stereocenters. The fraction of sp³-hybridized carbons (Fsp3) is 0.154. The Kier molecular flexibility index (Phi) is 4.80. The molecule has 0 radical (unpaired) electrons. The molecular weight excluding hydrogens is 634 g/mol. The van der Waals surface area contributed by atoms with E-state index in [4.69, 9.17) is 15.0 Å². The first-order chi connectivity index (χ1) is 22.7. The third-order valence-corrected chi connectivity index (χ3v) is 23.3. The molecule has 9 heterocycles. The summed E-state index contributed by atoms with van der Waals surface area (Å²) in [7, 11) is 0. The van der Waals surface area contributed by atoms with E-state index in [1.165, 1.54) is 65.5 Å². The number of hydrogen-bond donors (Lipinski definition) is 0. The summed E-state index contributed by atoms with van der Waals surface area (Å²) in [5.74, 6) is 0.316. The zero-order valence-corrected chi connectivity index (χ0v) is 28.1. The van der Waals surface area contributed by atoms with Crippen LogP contribution >= 0.6 is 35.3 Å². The van der Waals surface area contributed by atoms with Crippen LogP contribution in [-0.4, -0.2) is 29.1 Å². The van der Waals surface area contributed by atoms with Crippen molar-refractivity contribution in [3.63, 3.8) is 0 Å². The molecule has 0 fully saturated rings. The molecule has 3 nitrogen and oxygen atoms in total. The monoisotopic (exact) mass is 657 g/mol. The van der Waals surface area contributed by atoms with E-state index in [9.17, 15) is 0 Å². The SMILES string of the molecule is c1cc2nc(c1)[C]13Sc4ccccc4C1c1cccc(n1)[C]14Sc5ccccc5C1c1cccc(n1)[C]1(Sc5ccccc5C21)[Al]34. The number of pyridine rings is 3. The van der Waals surface area contributed by atoms with E-state index < -0.39 is 14.1 Å². The van der Waals surface area contributed by atoms with Crippen LogP contribution in [0.2, 0.25) is 0 Å². The maximum Gasteiger partial charge on any atom is 0.362 e. The summed E-state index contributed by atoms with van der Waals surface area (Å²) >= 11 is 4.03. The molecule has 3 aromatic carbocycles. The normalized spacial score (nSPS) is 30.8. The molecule has 0 aliphatic carbocycles. The predicted molar refractivity (Wildman–Crippen MR) is 186 cm³/mol. The highest BCUT2D eigenvalue weighted by Gasteiger charge is 2.81. The van der Waals surface area contributed by atoms with Crippen molar-refractivity contribution in [1.29, 1.82) is 0 Å². The lowest BCUT2D eigenvalue weighted by molar-refractivity contribution is 0.624. The van der Waals surface area contributed by atoms with Crippen molar-refractivity contribution in [3.8, 4) is 0 Å². The molecule has 0 saturated heterocycles. The molecule has 6 aliphatic rings. The van der Waals surface area contributed by atoms with Gasteiger partial charge in [-0.05, 0) is 71.3 Å². The van der Waals surface area contributed by atoms with Crippen LogP contribution < -0.4 is 0 Å². The van der Waals surface area contributed by atoms with Crippen LogP contribution in [-0.2, 0) is 10.8 Å². The molecule has 12 rings (SSSR count). The molecule has 0 saturated carbocycles. The van der Waals surface area contributed by atoms with Crippen LogP contribution in [0.15, 0.2) is 142 Å². The minimum Gasteiger partial charge on any atom is -0.257 e. The number of nitrogens with zero attached hydrogens (tertiary/aromatic N) is 3. The van der Waals surface area contributed by atoms with Crippen LogP contribution in [0.1, 0.15) is 68.6 Å². The Labute approximate surface area is 284 Å². The largest absolute Gasteiger partial charge is 0.362 e. The minimum absolute atomic E-state index is 0.105. The van der Waals surface area contributed by atoms with Crippen molar-refractivity contribution in [3.05, 3.63) is 178 Å². The summed E-state index contributed by atoms with van der Waals surface area (Å²) in [6.07, 6.45) is 0. The van der Waals surface area contributed by atoms with E-state index in [1.807, 2.05) is 0 Å². The Morgan fingerprint density at radius 3 is 1.07 bits per heavy atom. The van der Waals surface area contributed by atoms with Gasteiger partial charge in [-0.3, -0.25) is 15.0 Å². The number of aromatic nitrogens is 3. The van der Waals surface area contributed by atoms with E-state index in [1.54, 1.807) is 0 Å². The van der Waals surface area contributed by atoms with Gasteiger partial charge in [0.05, 0.1) is 0 Å². The van der Waals surface area contributed by atoms with Gasteiger partial charge in [-0.1, -0.05) is 72.8 Å². The lowest BCUT2D eigenvalue weighted by atomic mass is 9.88. The highest BCUT2D eigenvalue weighted by atomic mass is 32.2. The van der Waals surface area contributed by atoms with Crippen LogP contribution in [0.25, 0.3) is 0 Å². The van der Waals surface area contributed by atoms with E-state index in [2.05, 4.69) is 163 Å². The molecular formula is C39H24AlN3S3. The summed E-state index contributed by atoms with van der Waals surface area (Å²) in [5, 5.41) is 0. The number of rotatable bonds is 0. The number of fused-ring (bicyclic) bond motifs is 15. The van der Waals surface area contributed by atoms with Gasteiger partial charge in [-0.15, -0.1) is 35.3 Å². The van der Waals surface area contributed by atoms with Crippen LogP contribution in [0.4, 0.5) is 0 Å². The lowest BCUT2D eigenvalue weighted by Gasteiger charge is -2.51. The first-order valence-electron chi connectivity index (χ1n) is 16.0. The molecule has 46 heavy (non-hydrogen) atoms. The topological polar surface area (TPSA) is 38.7 Å². The number of hydrogen-bond acceptors (Lipinski definition) is 6. The van der Waals surface area contributed by atoms with Gasteiger partial charge in [0.25, 0.3) is 0 Å². The molecule has 6 unspecified atom stereocenters. The lowest BCUT2D eigenvalue weighted by Crippen LogP contribution is -2.65. The molecule has 6 aliphatic heterocycles. The van der Waals surface area contributed by atoms with Gasteiger partial charge in [0.1, 0.15) is 0 Å². The second-order valence-electron chi connectivity index (χ2n) is 13.4. The fourth-order valence-corrected chi connectivity index (χ4v) is 26.3. The van der Waals surface area contributed by atoms with Gasteiger partial charge in [-0.2, -0.15) is 0 Å². The van der Waals surface area contributed by atoms with Gasteiger partial charge >= 0.3 is 14.1 Å². The maximum absolute atomic E-state index is 5.82. The predicted octanol–water partition coefficient (Wildman–Crippen LogP) is 8.72. The smallest absolute Gasteiger partial charge is 0.257 e. The van der Waals surface area contributed by atoms with E-state index >= 15 is 0 Å². The van der Waals surface area contributed by atoms with Gasteiger partial charge in [0.15, 0.2) is 0 Å². The van der Waals surface area contributed by atoms with Crippen molar-refractivity contribution in [2.75, 3.05) is 0 Å². The van der Waals surface area contributed by atoms with Gasteiger partial charge in [-0.25, -0.2) is 0 Å². The Balaban J connectivity index is 1.33. The summed E-state index contributed by atoms with van der Waals surface area (Å²) in [5.41, 5.74) is 11.5. The Hall–Kier alpha value is -3.31. The average Bonchev–Trinajstić information content (AvgIpc) is 3.71. The van der Waals surface area contributed by atoms with E-state index in [-0.39, 0.29) is 28.6 Å². The second-order valence-corrected chi connectivity index (χ2v) is 22.2. The standard InChI is InChI=1S/C39H24N3S3.Al/c1-4-19-31-22(10-1)34-25-13-7-17-29(40-25)38-36(24-12-3-5-20-32(24)44-38)27-15-9-18-30(42-27)39-35(23-11-2-6-21-33(23)45-39)26-14-8-16-28(41-26)37(34)43-31;/h1-21,34-36H;. The fourth-order valence-electron chi connectivity index (χ4n) is 10.2. The molecule has 7 heteroatoms. The first-order valence-corrected chi connectivity index (χ1v) is 20.2. The summed E-state index contributed by atoms with van der Waals surface area (Å²) in [6.45, 7) is 0. The maximum atomic E-state index is 5.82. The summed E-state index contributed by atoms with van der Waals surface area (Å²) in [6, 6.07) is 48.4. The third-order valence-electron chi connectivity index (χ3n) is 11.5. The molecule has 3 aromatic heterocycles.